The van der Waals surface area contributed by atoms with E-state index in [0.717, 1.165) is 16.6 Å². The molecule has 0 aliphatic heterocycles. The summed E-state index contributed by atoms with van der Waals surface area (Å²) >= 11 is 0. The van der Waals surface area contributed by atoms with E-state index in [9.17, 15) is 0 Å². The van der Waals surface area contributed by atoms with Gasteiger partial charge in [0.15, 0.2) is 0 Å². The Hall–Kier alpha value is -1.35. The maximum Gasteiger partial charge on any atom is 0.139 e. The Morgan fingerprint density at radius 1 is 1.50 bits per heavy atom. The van der Waals surface area contributed by atoms with Crippen molar-refractivity contribution in [2.45, 2.75) is 6.54 Å². The summed E-state index contributed by atoms with van der Waals surface area (Å²) in [5.41, 5.74) is 7.74. The van der Waals surface area contributed by atoms with E-state index in [-0.39, 0.29) is 0 Å². The molecular weight excluding hydrogens is 150 g/mol. The Kier molecular flexibility index (Phi) is 1.59. The molecule has 2 heterocycles. The van der Waals surface area contributed by atoms with Crippen LogP contribution in [0.2, 0.25) is 0 Å². The first-order chi connectivity index (χ1) is 5.83. The molecule has 0 radical (unpaired) electrons. The first-order valence-corrected chi connectivity index (χ1v) is 3.92. The van der Waals surface area contributed by atoms with Crippen molar-refractivity contribution in [1.82, 2.24) is 9.55 Å². The van der Waals surface area contributed by atoms with Gasteiger partial charge in [0, 0.05) is 31.4 Å². The van der Waals surface area contributed by atoms with E-state index in [1.54, 1.807) is 6.20 Å². The lowest BCUT2D eigenvalue weighted by molar-refractivity contribution is 0.946. The van der Waals surface area contributed by atoms with Gasteiger partial charge in [-0.3, -0.25) is 0 Å². The molecule has 12 heavy (non-hydrogen) atoms. The largest absolute Gasteiger partial charge is 0.336 e. The number of fused-ring (bicyclic) bond motifs is 1. The molecule has 0 atom stereocenters. The molecule has 0 unspecified atom stereocenters. The summed E-state index contributed by atoms with van der Waals surface area (Å²) in [6.45, 7) is 0.572. The van der Waals surface area contributed by atoms with Crippen molar-refractivity contribution in [2.24, 2.45) is 12.8 Å². The standard InChI is InChI=1S/C9H11N3/c1-12-5-3-8-7(6-10)2-4-11-9(8)12/h2-5H,6,10H2,1H3. The second kappa shape index (κ2) is 2.60. The van der Waals surface area contributed by atoms with Crippen LogP contribution in [0.1, 0.15) is 5.56 Å². The quantitative estimate of drug-likeness (QED) is 0.679. The maximum atomic E-state index is 5.59. The summed E-state index contributed by atoms with van der Waals surface area (Å²) in [4.78, 5) is 4.26. The number of rotatable bonds is 1. The van der Waals surface area contributed by atoms with E-state index in [4.69, 9.17) is 5.73 Å². The Labute approximate surface area is 70.8 Å². The highest BCUT2D eigenvalue weighted by molar-refractivity contribution is 5.79. The van der Waals surface area contributed by atoms with E-state index in [1.165, 1.54) is 0 Å². The van der Waals surface area contributed by atoms with Crippen LogP contribution >= 0.6 is 0 Å². The van der Waals surface area contributed by atoms with Crippen LogP contribution in [0.15, 0.2) is 24.5 Å². The molecule has 2 rings (SSSR count). The van der Waals surface area contributed by atoms with Gasteiger partial charge in [-0.05, 0) is 17.7 Å². The second-order valence-corrected chi connectivity index (χ2v) is 2.84. The van der Waals surface area contributed by atoms with Crippen LogP contribution < -0.4 is 5.73 Å². The molecule has 0 spiro atoms. The third-order valence-corrected chi connectivity index (χ3v) is 2.08. The fraction of sp³-hybridized carbons (Fsp3) is 0.222. The second-order valence-electron chi connectivity index (χ2n) is 2.84. The van der Waals surface area contributed by atoms with Gasteiger partial charge in [-0.25, -0.2) is 4.98 Å². The molecule has 0 aliphatic rings. The van der Waals surface area contributed by atoms with Crippen molar-refractivity contribution < 1.29 is 0 Å². The number of hydrogen-bond donors (Lipinski definition) is 1. The first kappa shape index (κ1) is 7.31. The lowest BCUT2D eigenvalue weighted by atomic mass is 10.2. The van der Waals surface area contributed by atoms with Crippen LogP contribution in [0.25, 0.3) is 11.0 Å². The fourth-order valence-electron chi connectivity index (χ4n) is 1.40. The van der Waals surface area contributed by atoms with Gasteiger partial charge in [0.25, 0.3) is 0 Å². The zero-order valence-electron chi connectivity index (χ0n) is 6.99. The number of nitrogens with two attached hydrogens (primary N) is 1. The van der Waals surface area contributed by atoms with Gasteiger partial charge >= 0.3 is 0 Å². The SMILES string of the molecule is Cn1ccc2c(CN)ccnc21. The van der Waals surface area contributed by atoms with E-state index in [0.29, 0.717) is 6.54 Å². The number of aromatic nitrogens is 2. The molecule has 3 nitrogen and oxygen atoms in total. The molecule has 0 aliphatic carbocycles. The van der Waals surface area contributed by atoms with Crippen molar-refractivity contribution in [1.29, 1.82) is 0 Å². The average molecular weight is 161 g/mol. The fourth-order valence-corrected chi connectivity index (χ4v) is 1.40. The lowest BCUT2D eigenvalue weighted by Gasteiger charge is -1.98. The van der Waals surface area contributed by atoms with Crippen molar-refractivity contribution >= 4 is 11.0 Å². The van der Waals surface area contributed by atoms with Crippen molar-refractivity contribution in [3.05, 3.63) is 30.1 Å². The number of aryl methyl sites for hydroxylation is 1. The van der Waals surface area contributed by atoms with Crippen LogP contribution in [0.5, 0.6) is 0 Å². The number of hydrogen-bond acceptors (Lipinski definition) is 2. The minimum absolute atomic E-state index is 0.572. The molecule has 2 aromatic heterocycles. The average Bonchev–Trinajstić information content (AvgIpc) is 2.48. The number of nitrogens with zero attached hydrogens (tertiary/aromatic N) is 2. The smallest absolute Gasteiger partial charge is 0.139 e. The van der Waals surface area contributed by atoms with Gasteiger partial charge in [0.2, 0.25) is 0 Å². The normalized spacial score (nSPS) is 10.8. The minimum Gasteiger partial charge on any atom is -0.336 e. The van der Waals surface area contributed by atoms with Crippen LogP contribution in [0.4, 0.5) is 0 Å². The Balaban J connectivity index is 2.81. The molecule has 2 N–H and O–H groups in total. The van der Waals surface area contributed by atoms with E-state index in [2.05, 4.69) is 4.98 Å². The molecule has 2 aromatic rings. The highest BCUT2D eigenvalue weighted by Gasteiger charge is 2.01. The minimum atomic E-state index is 0.572. The molecule has 0 fully saturated rings. The monoisotopic (exact) mass is 161 g/mol. The summed E-state index contributed by atoms with van der Waals surface area (Å²) in [5, 5.41) is 1.16. The Morgan fingerprint density at radius 3 is 3.08 bits per heavy atom. The predicted octanol–water partition coefficient (Wildman–Crippen LogP) is 1.03. The molecule has 0 aromatic carbocycles. The molecule has 3 heteroatoms. The van der Waals surface area contributed by atoms with E-state index < -0.39 is 0 Å². The molecule has 0 amide bonds. The Bertz CT molecular complexity index is 403. The number of pyridine rings is 1. The van der Waals surface area contributed by atoms with Crippen molar-refractivity contribution in [3.63, 3.8) is 0 Å². The van der Waals surface area contributed by atoms with Crippen LogP contribution in [-0.4, -0.2) is 9.55 Å². The topological polar surface area (TPSA) is 43.8 Å². The van der Waals surface area contributed by atoms with Gasteiger partial charge in [0.05, 0.1) is 0 Å². The summed E-state index contributed by atoms with van der Waals surface area (Å²) < 4.78 is 1.99. The predicted molar refractivity (Wildman–Crippen MR) is 48.6 cm³/mol. The van der Waals surface area contributed by atoms with Crippen molar-refractivity contribution in [2.75, 3.05) is 0 Å². The van der Waals surface area contributed by atoms with E-state index >= 15 is 0 Å². The summed E-state index contributed by atoms with van der Waals surface area (Å²) in [6.07, 6.45) is 3.79. The molecular formula is C9H11N3. The summed E-state index contributed by atoms with van der Waals surface area (Å²) in [5.74, 6) is 0. The third-order valence-electron chi connectivity index (χ3n) is 2.08. The summed E-state index contributed by atoms with van der Waals surface area (Å²) in [7, 11) is 1.98. The highest BCUT2D eigenvalue weighted by Crippen LogP contribution is 2.15. The maximum absolute atomic E-state index is 5.59. The summed E-state index contributed by atoms with van der Waals surface area (Å²) in [6, 6.07) is 4.01. The molecule has 0 bridgehead atoms. The Morgan fingerprint density at radius 2 is 2.33 bits per heavy atom. The molecule has 62 valence electrons. The van der Waals surface area contributed by atoms with Crippen LogP contribution in [0, 0.1) is 0 Å². The van der Waals surface area contributed by atoms with Crippen molar-refractivity contribution in [3.8, 4) is 0 Å². The first-order valence-electron chi connectivity index (χ1n) is 3.92. The van der Waals surface area contributed by atoms with Gasteiger partial charge in [-0.15, -0.1) is 0 Å². The van der Waals surface area contributed by atoms with E-state index in [1.807, 2.05) is 29.9 Å². The van der Waals surface area contributed by atoms with Gasteiger partial charge in [-0.1, -0.05) is 0 Å². The molecule has 0 saturated carbocycles. The zero-order chi connectivity index (χ0) is 8.55. The third kappa shape index (κ3) is 0.905. The van der Waals surface area contributed by atoms with Gasteiger partial charge in [0.1, 0.15) is 5.65 Å². The van der Waals surface area contributed by atoms with Crippen LogP contribution in [-0.2, 0) is 13.6 Å². The lowest BCUT2D eigenvalue weighted by Crippen LogP contribution is -1.97. The zero-order valence-corrected chi connectivity index (χ0v) is 6.99. The van der Waals surface area contributed by atoms with Gasteiger partial charge in [-0.2, -0.15) is 0 Å². The van der Waals surface area contributed by atoms with Gasteiger partial charge < -0.3 is 10.3 Å². The van der Waals surface area contributed by atoms with Crippen LogP contribution in [0.3, 0.4) is 0 Å². The highest BCUT2D eigenvalue weighted by atomic mass is 15.0. The molecule has 0 saturated heterocycles.